The van der Waals surface area contributed by atoms with Gasteiger partial charge in [0.15, 0.2) is 0 Å². The molecule has 2 aliphatic heterocycles. The van der Waals surface area contributed by atoms with E-state index in [1.54, 1.807) is 0 Å². The van der Waals surface area contributed by atoms with Gasteiger partial charge in [-0.3, -0.25) is 0 Å². The molecule has 0 radical (unpaired) electrons. The molecule has 2 rings (SSSR count). The molecule has 2 saturated heterocycles. The molecule has 2 heterocycles. The Hall–Kier alpha value is 0.270. The van der Waals surface area contributed by atoms with Crippen molar-refractivity contribution >= 4 is 11.8 Å². The molecule has 1 unspecified atom stereocenters. The van der Waals surface area contributed by atoms with Crippen molar-refractivity contribution in [1.82, 2.24) is 10.2 Å². The van der Waals surface area contributed by atoms with Crippen LogP contribution < -0.4 is 5.32 Å². The van der Waals surface area contributed by atoms with Crippen molar-refractivity contribution in [2.45, 2.75) is 6.92 Å². The fourth-order valence-corrected chi connectivity index (χ4v) is 3.03. The Bertz CT molecular complexity index is 153. The molecule has 0 bridgehead atoms. The SMILES string of the molecule is CC(CN1CCSCC1)C1CNC1. The van der Waals surface area contributed by atoms with Crippen molar-refractivity contribution < 1.29 is 0 Å². The van der Waals surface area contributed by atoms with E-state index in [2.05, 4.69) is 28.9 Å². The van der Waals surface area contributed by atoms with Crippen molar-refractivity contribution in [3.8, 4) is 0 Å². The van der Waals surface area contributed by atoms with E-state index in [-0.39, 0.29) is 0 Å². The van der Waals surface area contributed by atoms with Crippen LogP contribution in [0.3, 0.4) is 0 Å². The van der Waals surface area contributed by atoms with Crippen LogP contribution in [-0.2, 0) is 0 Å². The van der Waals surface area contributed by atoms with Crippen LogP contribution in [0.1, 0.15) is 6.92 Å². The highest BCUT2D eigenvalue weighted by molar-refractivity contribution is 7.99. The number of thioether (sulfide) groups is 1. The number of hydrogen-bond acceptors (Lipinski definition) is 3. The van der Waals surface area contributed by atoms with Gasteiger partial charge in [-0.05, 0) is 24.9 Å². The second-order valence-corrected chi connectivity index (χ2v) is 5.53. The minimum atomic E-state index is 0.893. The minimum Gasteiger partial charge on any atom is -0.316 e. The number of hydrogen-bond donors (Lipinski definition) is 1. The highest BCUT2D eigenvalue weighted by atomic mass is 32.2. The molecular weight excluding hydrogens is 180 g/mol. The molecule has 0 aromatic carbocycles. The minimum absolute atomic E-state index is 0.893. The summed E-state index contributed by atoms with van der Waals surface area (Å²) in [4.78, 5) is 2.64. The average Bonchev–Trinajstić information content (AvgIpc) is 2.02. The molecule has 13 heavy (non-hydrogen) atoms. The Labute approximate surface area is 85.4 Å². The van der Waals surface area contributed by atoms with Crippen LogP contribution in [0.2, 0.25) is 0 Å². The van der Waals surface area contributed by atoms with Crippen LogP contribution >= 0.6 is 11.8 Å². The van der Waals surface area contributed by atoms with Gasteiger partial charge in [0.2, 0.25) is 0 Å². The summed E-state index contributed by atoms with van der Waals surface area (Å²) in [6, 6.07) is 0. The predicted molar refractivity (Wildman–Crippen MR) is 59.3 cm³/mol. The molecule has 3 heteroatoms. The molecule has 0 aliphatic carbocycles. The first kappa shape index (κ1) is 9.81. The lowest BCUT2D eigenvalue weighted by Crippen LogP contribution is -2.49. The van der Waals surface area contributed by atoms with Gasteiger partial charge in [0, 0.05) is 31.1 Å². The van der Waals surface area contributed by atoms with E-state index in [0.29, 0.717) is 0 Å². The van der Waals surface area contributed by atoms with Crippen molar-refractivity contribution in [1.29, 1.82) is 0 Å². The maximum absolute atomic E-state index is 3.36. The lowest BCUT2D eigenvalue weighted by atomic mass is 9.88. The molecular formula is C10H20N2S. The molecule has 2 aliphatic rings. The van der Waals surface area contributed by atoms with E-state index >= 15 is 0 Å². The molecule has 0 aromatic heterocycles. The number of rotatable bonds is 3. The summed E-state index contributed by atoms with van der Waals surface area (Å²) in [6.07, 6.45) is 0. The summed E-state index contributed by atoms with van der Waals surface area (Å²) < 4.78 is 0. The third-order valence-corrected chi connectivity index (χ3v) is 4.21. The number of nitrogens with one attached hydrogen (secondary N) is 1. The molecule has 0 spiro atoms. The summed E-state index contributed by atoms with van der Waals surface area (Å²) in [5.41, 5.74) is 0. The van der Waals surface area contributed by atoms with Gasteiger partial charge in [0.25, 0.3) is 0 Å². The Morgan fingerprint density at radius 3 is 2.62 bits per heavy atom. The average molecular weight is 200 g/mol. The smallest absolute Gasteiger partial charge is 0.00728 e. The van der Waals surface area contributed by atoms with Crippen LogP contribution in [0.4, 0.5) is 0 Å². The van der Waals surface area contributed by atoms with E-state index in [4.69, 9.17) is 0 Å². The second-order valence-electron chi connectivity index (χ2n) is 4.31. The zero-order valence-corrected chi connectivity index (χ0v) is 9.28. The van der Waals surface area contributed by atoms with E-state index in [9.17, 15) is 0 Å². The molecule has 2 fully saturated rings. The van der Waals surface area contributed by atoms with E-state index in [1.165, 1.54) is 44.2 Å². The monoisotopic (exact) mass is 200 g/mol. The zero-order valence-electron chi connectivity index (χ0n) is 8.46. The lowest BCUT2D eigenvalue weighted by molar-refractivity contribution is 0.175. The van der Waals surface area contributed by atoms with Crippen LogP contribution in [0.25, 0.3) is 0 Å². The largest absolute Gasteiger partial charge is 0.316 e. The Morgan fingerprint density at radius 1 is 1.38 bits per heavy atom. The van der Waals surface area contributed by atoms with Gasteiger partial charge in [0.05, 0.1) is 0 Å². The van der Waals surface area contributed by atoms with Gasteiger partial charge in [-0.1, -0.05) is 6.92 Å². The van der Waals surface area contributed by atoms with Crippen molar-refractivity contribution in [2.75, 3.05) is 44.2 Å². The maximum Gasteiger partial charge on any atom is 0.00728 e. The van der Waals surface area contributed by atoms with Gasteiger partial charge >= 0.3 is 0 Å². The van der Waals surface area contributed by atoms with Gasteiger partial charge in [-0.2, -0.15) is 11.8 Å². The fourth-order valence-electron chi connectivity index (χ4n) is 2.05. The van der Waals surface area contributed by atoms with Gasteiger partial charge in [-0.25, -0.2) is 0 Å². The van der Waals surface area contributed by atoms with E-state index < -0.39 is 0 Å². The molecule has 1 atom stereocenters. The molecule has 2 nitrogen and oxygen atoms in total. The first-order valence-corrected chi connectivity index (χ1v) is 6.52. The highest BCUT2D eigenvalue weighted by Gasteiger charge is 2.25. The number of nitrogens with zero attached hydrogens (tertiary/aromatic N) is 1. The second kappa shape index (κ2) is 4.67. The van der Waals surface area contributed by atoms with Crippen LogP contribution in [0.5, 0.6) is 0 Å². The topological polar surface area (TPSA) is 15.3 Å². The summed E-state index contributed by atoms with van der Waals surface area (Å²) in [5, 5.41) is 3.36. The quantitative estimate of drug-likeness (QED) is 0.728. The third kappa shape index (κ3) is 2.61. The molecule has 0 saturated carbocycles. The third-order valence-electron chi connectivity index (χ3n) is 3.27. The van der Waals surface area contributed by atoms with E-state index in [1.807, 2.05) is 0 Å². The van der Waals surface area contributed by atoms with Gasteiger partial charge < -0.3 is 10.2 Å². The van der Waals surface area contributed by atoms with Crippen LogP contribution in [0, 0.1) is 11.8 Å². The Morgan fingerprint density at radius 2 is 2.08 bits per heavy atom. The zero-order chi connectivity index (χ0) is 9.10. The Balaban J connectivity index is 1.69. The summed E-state index contributed by atoms with van der Waals surface area (Å²) in [7, 11) is 0. The van der Waals surface area contributed by atoms with Crippen molar-refractivity contribution in [3.63, 3.8) is 0 Å². The first-order valence-electron chi connectivity index (χ1n) is 5.37. The molecule has 1 N–H and O–H groups in total. The molecule has 76 valence electrons. The van der Waals surface area contributed by atoms with Crippen LogP contribution in [-0.4, -0.2) is 49.1 Å². The normalized spacial score (nSPS) is 28.4. The molecule has 0 amide bonds. The van der Waals surface area contributed by atoms with Gasteiger partial charge in [-0.15, -0.1) is 0 Å². The lowest BCUT2D eigenvalue weighted by Gasteiger charge is -2.36. The summed E-state index contributed by atoms with van der Waals surface area (Å²) in [6.45, 7) is 8.87. The van der Waals surface area contributed by atoms with E-state index in [0.717, 1.165) is 11.8 Å². The summed E-state index contributed by atoms with van der Waals surface area (Å²) in [5.74, 6) is 4.53. The van der Waals surface area contributed by atoms with Crippen molar-refractivity contribution in [3.05, 3.63) is 0 Å². The fraction of sp³-hybridized carbons (Fsp3) is 1.00. The van der Waals surface area contributed by atoms with Gasteiger partial charge in [0.1, 0.15) is 0 Å². The highest BCUT2D eigenvalue weighted by Crippen LogP contribution is 2.18. The predicted octanol–water partition coefficient (Wildman–Crippen LogP) is 0.891. The molecule has 0 aromatic rings. The van der Waals surface area contributed by atoms with Crippen LogP contribution in [0.15, 0.2) is 0 Å². The Kier molecular flexibility index (Phi) is 3.52. The standard InChI is InChI=1S/C10H20N2S/c1-9(10-6-11-7-10)8-12-2-4-13-5-3-12/h9-11H,2-8H2,1H3. The first-order chi connectivity index (χ1) is 6.36. The summed E-state index contributed by atoms with van der Waals surface area (Å²) >= 11 is 2.10. The maximum atomic E-state index is 3.36. The van der Waals surface area contributed by atoms with Crippen molar-refractivity contribution in [2.24, 2.45) is 11.8 Å².